The van der Waals surface area contributed by atoms with Crippen LogP contribution < -0.4 is 0 Å². The van der Waals surface area contributed by atoms with E-state index < -0.39 is 5.67 Å². The Labute approximate surface area is 180 Å². The van der Waals surface area contributed by atoms with E-state index in [-0.39, 0.29) is 19.5 Å². The quantitative estimate of drug-likeness (QED) is 0.507. The molecule has 162 valence electrons. The van der Waals surface area contributed by atoms with Gasteiger partial charge >= 0.3 is 0 Å². The highest BCUT2D eigenvalue weighted by molar-refractivity contribution is 5.64. The fourth-order valence-electron chi connectivity index (χ4n) is 5.02. The Bertz CT molecular complexity index is 783. The number of rotatable bonds is 6. The zero-order valence-electron chi connectivity index (χ0n) is 18.4. The van der Waals surface area contributed by atoms with Crippen LogP contribution in [0.5, 0.6) is 0 Å². The van der Waals surface area contributed by atoms with Gasteiger partial charge in [-0.05, 0) is 66.7 Å². The highest BCUT2D eigenvalue weighted by Gasteiger charge is 2.39. The lowest BCUT2D eigenvalue weighted by Crippen LogP contribution is -2.46. The molecule has 30 heavy (non-hydrogen) atoms. The third kappa shape index (κ3) is 4.95. The first kappa shape index (κ1) is 21.5. The van der Waals surface area contributed by atoms with Crippen molar-refractivity contribution in [3.8, 4) is 11.1 Å². The number of benzene rings is 2. The summed E-state index contributed by atoms with van der Waals surface area (Å²) in [5, 5.41) is 0. The molecule has 1 saturated heterocycles. The molecule has 2 aromatic carbocycles. The largest absolute Gasteiger partial charge is 0.349 e. The van der Waals surface area contributed by atoms with Gasteiger partial charge < -0.3 is 9.47 Å². The van der Waals surface area contributed by atoms with Crippen molar-refractivity contribution >= 4 is 0 Å². The molecule has 0 unspecified atom stereocenters. The molecule has 1 aliphatic carbocycles. The van der Waals surface area contributed by atoms with E-state index in [9.17, 15) is 4.39 Å². The Hall–Kier alpha value is -1.71. The van der Waals surface area contributed by atoms with Crippen LogP contribution in [0, 0.1) is 5.92 Å². The fraction of sp³-hybridized carbons (Fsp3) is 0.556. The zero-order valence-corrected chi connectivity index (χ0v) is 18.4. The van der Waals surface area contributed by atoms with Crippen LogP contribution in [0.2, 0.25) is 0 Å². The maximum absolute atomic E-state index is 14.5. The Kier molecular flexibility index (Phi) is 6.90. The summed E-state index contributed by atoms with van der Waals surface area (Å²) >= 11 is 0. The minimum absolute atomic E-state index is 0.187. The molecule has 0 radical (unpaired) electrons. The van der Waals surface area contributed by atoms with E-state index in [1.165, 1.54) is 22.3 Å². The first-order valence-corrected chi connectivity index (χ1v) is 11.7. The van der Waals surface area contributed by atoms with Gasteiger partial charge in [-0.25, -0.2) is 4.39 Å². The van der Waals surface area contributed by atoms with E-state index in [0.29, 0.717) is 18.3 Å². The van der Waals surface area contributed by atoms with Gasteiger partial charge in [-0.3, -0.25) is 0 Å². The van der Waals surface area contributed by atoms with Crippen LogP contribution in [0.25, 0.3) is 11.1 Å². The van der Waals surface area contributed by atoms with Crippen LogP contribution in [-0.4, -0.2) is 25.2 Å². The van der Waals surface area contributed by atoms with Crippen LogP contribution in [0.3, 0.4) is 0 Å². The van der Waals surface area contributed by atoms with E-state index in [0.717, 1.165) is 38.5 Å². The number of halogens is 1. The summed E-state index contributed by atoms with van der Waals surface area (Å²) in [5.74, 6) is 0.991. The average Bonchev–Trinajstić information content (AvgIpc) is 2.80. The van der Waals surface area contributed by atoms with Gasteiger partial charge in [-0.2, -0.15) is 0 Å². The molecule has 1 heterocycles. The molecule has 2 fully saturated rings. The van der Waals surface area contributed by atoms with Crippen molar-refractivity contribution in [1.82, 2.24) is 0 Å². The minimum Gasteiger partial charge on any atom is -0.349 e. The molecule has 3 heteroatoms. The zero-order chi connectivity index (χ0) is 21.0. The van der Waals surface area contributed by atoms with Crippen LogP contribution in [0.4, 0.5) is 4.39 Å². The van der Waals surface area contributed by atoms with Gasteiger partial charge in [0, 0.05) is 5.92 Å². The predicted octanol–water partition coefficient (Wildman–Crippen LogP) is 7.07. The standard InChI is InChI=1S/C27H35FO2/c1-3-17-27(28)18-29-26(30-19-27)25-15-13-24(14-16-25)23-11-9-22(10-12-23)21-7-5-20(4-2)6-8-21/h5-12,24-26H,3-4,13-19H2,1-2H3. The first-order valence-electron chi connectivity index (χ1n) is 11.7. The lowest BCUT2D eigenvalue weighted by atomic mass is 9.78. The smallest absolute Gasteiger partial charge is 0.160 e. The van der Waals surface area contributed by atoms with Crippen molar-refractivity contribution in [1.29, 1.82) is 0 Å². The van der Waals surface area contributed by atoms with Gasteiger partial charge in [0.05, 0.1) is 13.2 Å². The van der Waals surface area contributed by atoms with Gasteiger partial charge in [-0.15, -0.1) is 0 Å². The Balaban J connectivity index is 1.30. The summed E-state index contributed by atoms with van der Waals surface area (Å²) in [6.45, 7) is 4.56. The molecule has 4 rings (SSSR count). The third-order valence-electron chi connectivity index (χ3n) is 6.94. The molecule has 0 amide bonds. The van der Waals surface area contributed by atoms with E-state index in [1.807, 2.05) is 6.92 Å². The summed E-state index contributed by atoms with van der Waals surface area (Å²) in [6, 6.07) is 18.0. The number of alkyl halides is 1. The van der Waals surface area contributed by atoms with Crippen molar-refractivity contribution in [2.24, 2.45) is 5.92 Å². The fourth-order valence-corrected chi connectivity index (χ4v) is 5.02. The molecule has 0 bridgehead atoms. The molecule has 0 spiro atoms. The second kappa shape index (κ2) is 9.62. The van der Waals surface area contributed by atoms with E-state index in [2.05, 4.69) is 55.5 Å². The van der Waals surface area contributed by atoms with Gasteiger partial charge in [0.25, 0.3) is 0 Å². The van der Waals surface area contributed by atoms with Gasteiger partial charge in [0.1, 0.15) is 0 Å². The SMILES string of the molecule is CCCC1(F)COC(C2CCC(c3ccc(-c4ccc(CC)cc4)cc3)CC2)OC1. The molecule has 2 aliphatic rings. The molecule has 2 aromatic rings. The second-order valence-electron chi connectivity index (χ2n) is 9.18. The summed E-state index contributed by atoms with van der Waals surface area (Å²) in [7, 11) is 0. The molecular formula is C27H35FO2. The number of hydrogen-bond acceptors (Lipinski definition) is 2. The van der Waals surface area contributed by atoms with Crippen molar-refractivity contribution in [2.75, 3.05) is 13.2 Å². The van der Waals surface area contributed by atoms with Crippen molar-refractivity contribution in [3.05, 3.63) is 59.7 Å². The molecule has 1 aliphatic heterocycles. The van der Waals surface area contributed by atoms with E-state index in [1.54, 1.807) is 0 Å². The van der Waals surface area contributed by atoms with Crippen LogP contribution in [0.15, 0.2) is 48.5 Å². The molecule has 0 atom stereocenters. The summed E-state index contributed by atoms with van der Waals surface area (Å²) in [4.78, 5) is 0. The van der Waals surface area contributed by atoms with Crippen LogP contribution in [0.1, 0.15) is 69.4 Å². The van der Waals surface area contributed by atoms with Crippen molar-refractivity contribution < 1.29 is 13.9 Å². The Morgan fingerprint density at radius 2 is 1.40 bits per heavy atom. The van der Waals surface area contributed by atoms with Gasteiger partial charge in [0.2, 0.25) is 0 Å². The van der Waals surface area contributed by atoms with Gasteiger partial charge in [0.15, 0.2) is 12.0 Å². The monoisotopic (exact) mass is 410 g/mol. The maximum atomic E-state index is 14.5. The summed E-state index contributed by atoms with van der Waals surface area (Å²) in [5.41, 5.74) is 4.07. The molecule has 1 saturated carbocycles. The van der Waals surface area contributed by atoms with Crippen molar-refractivity contribution in [3.63, 3.8) is 0 Å². The lowest BCUT2D eigenvalue weighted by Gasteiger charge is -2.40. The second-order valence-corrected chi connectivity index (χ2v) is 9.18. The number of hydrogen-bond donors (Lipinski definition) is 0. The average molecular weight is 411 g/mol. The number of ether oxygens (including phenoxy) is 2. The molecule has 0 N–H and O–H groups in total. The first-order chi connectivity index (χ1) is 14.6. The third-order valence-corrected chi connectivity index (χ3v) is 6.94. The highest BCUT2D eigenvalue weighted by Crippen LogP contribution is 2.40. The highest BCUT2D eigenvalue weighted by atomic mass is 19.1. The van der Waals surface area contributed by atoms with Crippen LogP contribution >= 0.6 is 0 Å². The minimum atomic E-state index is -1.29. The predicted molar refractivity (Wildman–Crippen MR) is 120 cm³/mol. The normalized spacial score (nSPS) is 29.6. The summed E-state index contributed by atoms with van der Waals surface area (Å²) < 4.78 is 26.2. The van der Waals surface area contributed by atoms with Crippen LogP contribution in [-0.2, 0) is 15.9 Å². The maximum Gasteiger partial charge on any atom is 0.160 e. The molecular weight excluding hydrogens is 375 g/mol. The molecule has 0 aromatic heterocycles. The van der Waals surface area contributed by atoms with E-state index in [4.69, 9.17) is 9.47 Å². The topological polar surface area (TPSA) is 18.5 Å². The molecule has 2 nitrogen and oxygen atoms in total. The Morgan fingerprint density at radius 3 is 1.93 bits per heavy atom. The van der Waals surface area contributed by atoms with E-state index >= 15 is 0 Å². The number of aryl methyl sites for hydroxylation is 1. The summed E-state index contributed by atoms with van der Waals surface area (Å²) in [6.07, 6.45) is 6.66. The van der Waals surface area contributed by atoms with Crippen molar-refractivity contribution in [2.45, 2.75) is 76.7 Å². The Morgan fingerprint density at radius 1 is 0.833 bits per heavy atom. The lowest BCUT2D eigenvalue weighted by molar-refractivity contribution is -0.257. The van der Waals surface area contributed by atoms with Gasteiger partial charge in [-0.1, -0.05) is 68.8 Å².